The summed E-state index contributed by atoms with van der Waals surface area (Å²) in [7, 11) is 0. The van der Waals surface area contributed by atoms with Crippen LogP contribution in [-0.2, 0) is 6.42 Å². The second kappa shape index (κ2) is 6.42. The summed E-state index contributed by atoms with van der Waals surface area (Å²) in [5.74, 6) is -0.208. The quantitative estimate of drug-likeness (QED) is 0.494. The van der Waals surface area contributed by atoms with E-state index >= 15 is 0 Å². The van der Waals surface area contributed by atoms with Crippen molar-refractivity contribution < 1.29 is 14.4 Å². The van der Waals surface area contributed by atoms with Gasteiger partial charge in [-0.15, -0.1) is 0 Å². The van der Waals surface area contributed by atoms with Crippen LogP contribution in [0.3, 0.4) is 0 Å². The van der Waals surface area contributed by atoms with Crippen LogP contribution >= 0.6 is 22.6 Å². The maximum Gasteiger partial charge on any atom is 0.273 e. The molecule has 1 aromatic rings. The average Bonchev–Trinajstić information content (AvgIpc) is 2.21. The molecule has 0 fully saturated rings. The second-order valence-electron chi connectivity index (χ2n) is 4.64. The summed E-state index contributed by atoms with van der Waals surface area (Å²) in [5.41, 5.74) is 0.106. The predicted molar refractivity (Wildman–Crippen MR) is 74.9 cm³/mol. The molecule has 100 valence electrons. The van der Waals surface area contributed by atoms with E-state index in [9.17, 15) is 19.6 Å². The Bertz CT molecular complexity index is 451. The van der Waals surface area contributed by atoms with E-state index in [0.717, 1.165) is 6.07 Å². The molecule has 1 aromatic carbocycles. The highest BCUT2D eigenvalue weighted by molar-refractivity contribution is 14.1. The Kier molecular flexibility index (Phi) is 5.46. The van der Waals surface area contributed by atoms with Crippen molar-refractivity contribution >= 4 is 28.3 Å². The first-order valence-electron chi connectivity index (χ1n) is 5.61. The van der Waals surface area contributed by atoms with Crippen LogP contribution in [0.4, 0.5) is 10.1 Å². The minimum Gasteiger partial charge on any atom is -0.393 e. The highest BCUT2D eigenvalue weighted by atomic mass is 127. The number of aliphatic hydroxyl groups is 1. The van der Waals surface area contributed by atoms with Crippen LogP contribution in [0.1, 0.15) is 25.8 Å². The fraction of sp³-hybridized carbons (Fsp3) is 0.500. The van der Waals surface area contributed by atoms with Gasteiger partial charge < -0.3 is 5.11 Å². The monoisotopic (exact) mass is 367 g/mol. The van der Waals surface area contributed by atoms with Crippen LogP contribution in [0.25, 0.3) is 0 Å². The zero-order valence-corrected chi connectivity index (χ0v) is 12.3. The van der Waals surface area contributed by atoms with Crippen LogP contribution in [0.2, 0.25) is 0 Å². The molecule has 0 heterocycles. The van der Waals surface area contributed by atoms with E-state index in [-0.39, 0.29) is 27.2 Å². The van der Waals surface area contributed by atoms with Crippen molar-refractivity contribution in [1.82, 2.24) is 0 Å². The number of nitro benzene ring substituents is 1. The van der Waals surface area contributed by atoms with Crippen molar-refractivity contribution in [1.29, 1.82) is 0 Å². The average molecular weight is 367 g/mol. The number of aliphatic hydroxyl groups excluding tert-OH is 1. The molecule has 0 amide bonds. The van der Waals surface area contributed by atoms with Crippen molar-refractivity contribution in [2.75, 3.05) is 0 Å². The molecule has 0 bridgehead atoms. The number of hydrogen-bond donors (Lipinski definition) is 1. The molecule has 1 rings (SSSR count). The molecule has 0 aromatic heterocycles. The number of nitro groups is 1. The van der Waals surface area contributed by atoms with Gasteiger partial charge in [-0.05, 0) is 41.0 Å². The van der Waals surface area contributed by atoms with Gasteiger partial charge in [-0.1, -0.05) is 13.8 Å². The van der Waals surface area contributed by atoms with Gasteiger partial charge in [0.2, 0.25) is 0 Å². The molecule has 0 saturated heterocycles. The lowest BCUT2D eigenvalue weighted by molar-refractivity contribution is -0.385. The molecule has 0 saturated carbocycles. The summed E-state index contributed by atoms with van der Waals surface area (Å²) < 4.78 is 13.6. The smallest absolute Gasteiger partial charge is 0.273 e. The van der Waals surface area contributed by atoms with Gasteiger partial charge in [0.05, 0.1) is 14.6 Å². The molecule has 0 aliphatic heterocycles. The topological polar surface area (TPSA) is 63.4 Å². The zero-order chi connectivity index (χ0) is 13.9. The minimum absolute atomic E-state index is 0.0995. The predicted octanol–water partition coefficient (Wildman–Crippen LogP) is 3.29. The van der Waals surface area contributed by atoms with Gasteiger partial charge in [0.25, 0.3) is 5.69 Å². The van der Waals surface area contributed by atoms with Crippen LogP contribution in [-0.4, -0.2) is 16.1 Å². The summed E-state index contributed by atoms with van der Waals surface area (Å²) in [6, 6.07) is 2.34. The summed E-state index contributed by atoms with van der Waals surface area (Å²) in [5, 5.41) is 20.7. The highest BCUT2D eigenvalue weighted by Gasteiger charge is 2.20. The van der Waals surface area contributed by atoms with Crippen molar-refractivity contribution in [3.63, 3.8) is 0 Å². The van der Waals surface area contributed by atoms with Crippen molar-refractivity contribution in [2.45, 2.75) is 32.8 Å². The molecule has 4 nitrogen and oxygen atoms in total. The van der Waals surface area contributed by atoms with Crippen molar-refractivity contribution in [3.8, 4) is 0 Å². The van der Waals surface area contributed by atoms with Crippen LogP contribution in [0.15, 0.2) is 12.1 Å². The molecule has 1 atom stereocenters. The Labute approximate surface area is 118 Å². The lowest BCUT2D eigenvalue weighted by Gasteiger charge is -2.13. The summed E-state index contributed by atoms with van der Waals surface area (Å²) in [4.78, 5) is 10.3. The first-order chi connectivity index (χ1) is 8.31. The molecule has 6 heteroatoms. The SMILES string of the molecule is CC(C)CC(O)Cc1cc(F)c(I)cc1[N+](=O)[O-]. The third-order valence-electron chi connectivity index (χ3n) is 2.52. The van der Waals surface area contributed by atoms with E-state index in [2.05, 4.69) is 0 Å². The summed E-state index contributed by atoms with van der Waals surface area (Å²) >= 11 is 1.71. The molecule has 0 aliphatic carbocycles. The van der Waals surface area contributed by atoms with E-state index in [1.807, 2.05) is 13.8 Å². The summed E-state index contributed by atoms with van der Waals surface area (Å²) in [6.45, 7) is 3.90. The molecule has 1 unspecified atom stereocenters. The van der Waals surface area contributed by atoms with Gasteiger partial charge in [0, 0.05) is 18.1 Å². The van der Waals surface area contributed by atoms with Gasteiger partial charge in [-0.2, -0.15) is 0 Å². The standard InChI is InChI=1S/C12H15FINO3/c1-7(2)3-9(16)4-8-5-10(13)11(14)6-12(8)15(17)18/h5-7,9,16H,3-4H2,1-2H3. The number of rotatable bonds is 5. The third-order valence-corrected chi connectivity index (χ3v) is 3.34. The Balaban J connectivity index is 3.00. The van der Waals surface area contributed by atoms with Crippen LogP contribution in [0.5, 0.6) is 0 Å². The summed E-state index contributed by atoms with van der Waals surface area (Å²) in [6.07, 6.45) is -0.0595. The lowest BCUT2D eigenvalue weighted by Crippen LogP contribution is -2.14. The van der Waals surface area contributed by atoms with Crippen molar-refractivity contribution in [2.24, 2.45) is 5.92 Å². The van der Waals surface area contributed by atoms with E-state index in [0.29, 0.717) is 6.42 Å². The molecule has 1 N–H and O–H groups in total. The second-order valence-corrected chi connectivity index (χ2v) is 5.80. The number of halogens is 2. The molecular weight excluding hydrogens is 352 g/mol. The third kappa shape index (κ3) is 4.16. The Hall–Kier alpha value is -0.760. The first kappa shape index (κ1) is 15.3. The maximum absolute atomic E-state index is 13.4. The number of hydrogen-bond acceptors (Lipinski definition) is 3. The molecule has 18 heavy (non-hydrogen) atoms. The lowest BCUT2D eigenvalue weighted by atomic mass is 9.98. The van der Waals surface area contributed by atoms with Gasteiger partial charge in [0.1, 0.15) is 5.82 Å². The largest absolute Gasteiger partial charge is 0.393 e. The molecular formula is C12H15FINO3. The highest BCUT2D eigenvalue weighted by Crippen LogP contribution is 2.26. The normalized spacial score (nSPS) is 12.8. The van der Waals surface area contributed by atoms with Crippen LogP contribution in [0, 0.1) is 25.4 Å². The number of benzene rings is 1. The van der Waals surface area contributed by atoms with E-state index in [1.54, 1.807) is 22.6 Å². The van der Waals surface area contributed by atoms with Gasteiger partial charge >= 0.3 is 0 Å². The Morgan fingerprint density at radius 2 is 2.11 bits per heavy atom. The maximum atomic E-state index is 13.4. The zero-order valence-electron chi connectivity index (χ0n) is 10.2. The number of nitrogens with zero attached hydrogens (tertiary/aromatic N) is 1. The molecule has 0 aliphatic rings. The fourth-order valence-electron chi connectivity index (χ4n) is 1.79. The molecule has 0 radical (unpaired) electrons. The van der Waals surface area contributed by atoms with Gasteiger partial charge in [-0.3, -0.25) is 10.1 Å². The van der Waals surface area contributed by atoms with Crippen LogP contribution < -0.4 is 0 Å². The fourth-order valence-corrected chi connectivity index (χ4v) is 2.24. The van der Waals surface area contributed by atoms with Crippen molar-refractivity contribution in [3.05, 3.63) is 37.2 Å². The Morgan fingerprint density at radius 1 is 1.50 bits per heavy atom. The van der Waals surface area contributed by atoms with E-state index in [1.165, 1.54) is 6.07 Å². The van der Waals surface area contributed by atoms with Gasteiger partial charge in [0.15, 0.2) is 0 Å². The van der Waals surface area contributed by atoms with E-state index in [4.69, 9.17) is 0 Å². The minimum atomic E-state index is -0.692. The Morgan fingerprint density at radius 3 is 2.61 bits per heavy atom. The molecule has 0 spiro atoms. The van der Waals surface area contributed by atoms with E-state index < -0.39 is 16.8 Å². The first-order valence-corrected chi connectivity index (χ1v) is 6.69. The van der Waals surface area contributed by atoms with Gasteiger partial charge in [-0.25, -0.2) is 4.39 Å².